The van der Waals surface area contributed by atoms with Crippen LogP contribution in [0, 0.1) is 0 Å². The minimum atomic E-state index is -0.831. The van der Waals surface area contributed by atoms with Crippen molar-refractivity contribution in [2.75, 3.05) is 0 Å². The maximum absolute atomic E-state index is 10.9. The topological polar surface area (TPSA) is 37.3 Å². The highest BCUT2D eigenvalue weighted by molar-refractivity contribution is 5.97. The molecule has 0 spiro atoms. The third kappa shape index (κ3) is 2.78. The number of Topliss-reactive ketones (excluding diaryl/α,β-unsaturated/α-hetero) is 1. The lowest BCUT2D eigenvalue weighted by atomic mass is 10.1. The summed E-state index contributed by atoms with van der Waals surface area (Å²) in [7, 11) is 0. The second-order valence-electron chi connectivity index (χ2n) is 2.45. The van der Waals surface area contributed by atoms with Crippen LogP contribution in [0.2, 0.25) is 0 Å². The number of carbonyl (C=O) groups excluding carboxylic acids is 1. The molecule has 0 rings (SSSR count). The van der Waals surface area contributed by atoms with E-state index in [-0.39, 0.29) is 5.78 Å². The Morgan fingerprint density at radius 3 is 2.50 bits per heavy atom. The summed E-state index contributed by atoms with van der Waals surface area (Å²) in [5, 5.41) is 9.08. The fourth-order valence-corrected chi connectivity index (χ4v) is 0.689. The summed E-state index contributed by atoms with van der Waals surface area (Å²) in [6, 6.07) is 0. The minimum absolute atomic E-state index is 0.234. The number of aliphatic hydroxyl groups excluding tert-OH is 1. The van der Waals surface area contributed by atoms with E-state index >= 15 is 0 Å². The number of rotatable bonds is 4. The highest BCUT2D eigenvalue weighted by Gasteiger charge is 2.13. The third-order valence-electron chi connectivity index (χ3n) is 1.29. The van der Waals surface area contributed by atoms with E-state index in [0.717, 1.165) is 6.42 Å². The van der Waals surface area contributed by atoms with Gasteiger partial charge < -0.3 is 5.11 Å². The van der Waals surface area contributed by atoms with Crippen LogP contribution < -0.4 is 0 Å². The molecule has 0 amide bonds. The van der Waals surface area contributed by atoms with E-state index in [1.807, 2.05) is 6.92 Å². The van der Waals surface area contributed by atoms with Crippen LogP contribution in [0.25, 0.3) is 0 Å². The van der Waals surface area contributed by atoms with Crippen molar-refractivity contribution in [3.63, 3.8) is 0 Å². The monoisotopic (exact) mass is 142 g/mol. The Balaban J connectivity index is 3.82. The van der Waals surface area contributed by atoms with E-state index in [9.17, 15) is 4.79 Å². The van der Waals surface area contributed by atoms with E-state index in [1.165, 1.54) is 0 Å². The maximum atomic E-state index is 10.9. The molecule has 0 fully saturated rings. The summed E-state index contributed by atoms with van der Waals surface area (Å²) >= 11 is 0. The Kier molecular flexibility index (Phi) is 3.96. The summed E-state index contributed by atoms with van der Waals surface area (Å²) in [6.07, 6.45) is 0.522. The van der Waals surface area contributed by atoms with Crippen molar-refractivity contribution in [3.05, 3.63) is 12.2 Å². The van der Waals surface area contributed by atoms with Crippen LogP contribution in [0.15, 0.2) is 12.2 Å². The van der Waals surface area contributed by atoms with E-state index in [1.54, 1.807) is 6.92 Å². The molecule has 1 N–H and O–H groups in total. The zero-order chi connectivity index (χ0) is 8.15. The van der Waals surface area contributed by atoms with E-state index in [2.05, 4.69) is 6.58 Å². The zero-order valence-electron chi connectivity index (χ0n) is 6.55. The van der Waals surface area contributed by atoms with Crippen molar-refractivity contribution in [1.29, 1.82) is 0 Å². The van der Waals surface area contributed by atoms with Crippen LogP contribution in [0.3, 0.4) is 0 Å². The van der Waals surface area contributed by atoms with Crippen molar-refractivity contribution >= 4 is 5.78 Å². The van der Waals surface area contributed by atoms with Crippen molar-refractivity contribution in [1.82, 2.24) is 0 Å². The predicted octanol–water partition coefficient (Wildman–Crippen LogP) is 1.29. The molecule has 2 heteroatoms. The van der Waals surface area contributed by atoms with Crippen LogP contribution in [0.4, 0.5) is 0 Å². The van der Waals surface area contributed by atoms with Gasteiger partial charge in [-0.1, -0.05) is 19.9 Å². The van der Waals surface area contributed by atoms with E-state index in [4.69, 9.17) is 5.11 Å². The second-order valence-corrected chi connectivity index (χ2v) is 2.45. The standard InChI is InChI=1S/C8H14O2/c1-4-5-7(9)8(10)6(2)3/h7,9H,2,4-5H2,1,3H3. The molecule has 58 valence electrons. The fourth-order valence-electron chi connectivity index (χ4n) is 0.689. The van der Waals surface area contributed by atoms with Gasteiger partial charge in [-0.2, -0.15) is 0 Å². The third-order valence-corrected chi connectivity index (χ3v) is 1.29. The molecule has 0 bridgehead atoms. The number of ketones is 1. The van der Waals surface area contributed by atoms with E-state index < -0.39 is 6.10 Å². The van der Waals surface area contributed by atoms with Gasteiger partial charge in [0.2, 0.25) is 0 Å². The lowest BCUT2D eigenvalue weighted by Crippen LogP contribution is -2.20. The summed E-state index contributed by atoms with van der Waals surface area (Å²) in [5.41, 5.74) is 0.431. The molecule has 1 unspecified atom stereocenters. The molecule has 0 aliphatic heterocycles. The van der Waals surface area contributed by atoms with Gasteiger partial charge in [0.25, 0.3) is 0 Å². The molecule has 0 saturated carbocycles. The maximum Gasteiger partial charge on any atom is 0.186 e. The summed E-state index contributed by atoms with van der Waals surface area (Å²) in [4.78, 5) is 10.9. The Bertz CT molecular complexity index is 138. The second kappa shape index (κ2) is 4.23. The molecule has 0 aromatic carbocycles. The molecule has 0 aliphatic rings. The van der Waals surface area contributed by atoms with Crippen LogP contribution >= 0.6 is 0 Å². The van der Waals surface area contributed by atoms with Gasteiger partial charge in [0.15, 0.2) is 5.78 Å². The molecule has 2 nitrogen and oxygen atoms in total. The van der Waals surface area contributed by atoms with Gasteiger partial charge in [0.1, 0.15) is 6.10 Å². The first-order valence-electron chi connectivity index (χ1n) is 3.47. The minimum Gasteiger partial charge on any atom is -0.385 e. The Hall–Kier alpha value is -0.630. The van der Waals surface area contributed by atoms with Gasteiger partial charge in [0, 0.05) is 0 Å². The summed E-state index contributed by atoms with van der Waals surface area (Å²) in [5.74, 6) is -0.234. The van der Waals surface area contributed by atoms with Gasteiger partial charge in [0.05, 0.1) is 0 Å². The predicted molar refractivity (Wildman–Crippen MR) is 40.7 cm³/mol. The average molecular weight is 142 g/mol. The molecule has 1 atom stereocenters. The summed E-state index contributed by atoms with van der Waals surface area (Å²) in [6.45, 7) is 6.99. The highest BCUT2D eigenvalue weighted by atomic mass is 16.3. The first-order chi connectivity index (χ1) is 4.59. The van der Waals surface area contributed by atoms with Crippen LogP contribution in [0.5, 0.6) is 0 Å². The lowest BCUT2D eigenvalue weighted by Gasteiger charge is -2.05. The Morgan fingerprint density at radius 1 is 1.70 bits per heavy atom. The summed E-state index contributed by atoms with van der Waals surface area (Å²) < 4.78 is 0. The Morgan fingerprint density at radius 2 is 2.20 bits per heavy atom. The fraction of sp³-hybridized carbons (Fsp3) is 0.625. The molecule has 0 saturated heterocycles. The first-order valence-corrected chi connectivity index (χ1v) is 3.47. The molecular formula is C8H14O2. The van der Waals surface area contributed by atoms with Crippen LogP contribution in [0.1, 0.15) is 26.7 Å². The van der Waals surface area contributed by atoms with Gasteiger partial charge in [-0.25, -0.2) is 0 Å². The highest BCUT2D eigenvalue weighted by Crippen LogP contribution is 2.02. The molecule has 0 aromatic heterocycles. The van der Waals surface area contributed by atoms with Crippen LogP contribution in [-0.4, -0.2) is 17.0 Å². The Labute approximate surface area is 61.6 Å². The molecule has 10 heavy (non-hydrogen) atoms. The smallest absolute Gasteiger partial charge is 0.186 e. The molecule has 0 radical (unpaired) electrons. The molecule has 0 aromatic rings. The molecular weight excluding hydrogens is 128 g/mol. The zero-order valence-corrected chi connectivity index (χ0v) is 6.55. The van der Waals surface area contributed by atoms with Gasteiger partial charge in [-0.15, -0.1) is 0 Å². The molecule has 0 aliphatic carbocycles. The quantitative estimate of drug-likeness (QED) is 0.600. The molecule has 0 heterocycles. The van der Waals surface area contributed by atoms with Crippen LogP contribution in [-0.2, 0) is 4.79 Å². The van der Waals surface area contributed by atoms with Gasteiger partial charge >= 0.3 is 0 Å². The number of hydrogen-bond acceptors (Lipinski definition) is 2. The normalized spacial score (nSPS) is 12.7. The van der Waals surface area contributed by atoms with Crippen molar-refractivity contribution in [2.45, 2.75) is 32.8 Å². The number of hydrogen-bond donors (Lipinski definition) is 1. The van der Waals surface area contributed by atoms with Gasteiger partial charge in [-0.3, -0.25) is 4.79 Å². The number of aliphatic hydroxyl groups is 1. The van der Waals surface area contributed by atoms with Gasteiger partial charge in [-0.05, 0) is 18.9 Å². The van der Waals surface area contributed by atoms with Crippen molar-refractivity contribution in [2.24, 2.45) is 0 Å². The van der Waals surface area contributed by atoms with Crippen molar-refractivity contribution < 1.29 is 9.90 Å². The first kappa shape index (κ1) is 9.37. The lowest BCUT2D eigenvalue weighted by molar-refractivity contribution is -0.123. The van der Waals surface area contributed by atoms with Crippen molar-refractivity contribution in [3.8, 4) is 0 Å². The SMILES string of the molecule is C=C(C)C(=O)C(O)CCC. The average Bonchev–Trinajstić information content (AvgIpc) is 1.87. The number of carbonyl (C=O) groups is 1. The largest absolute Gasteiger partial charge is 0.385 e. The van der Waals surface area contributed by atoms with E-state index in [0.29, 0.717) is 12.0 Å².